The number of hydrogen-bond donors (Lipinski definition) is 1. The highest BCUT2D eigenvalue weighted by molar-refractivity contribution is 6.29. The molecule has 0 radical (unpaired) electrons. The van der Waals surface area contributed by atoms with Crippen LogP contribution in [-0.4, -0.2) is 38.8 Å². The van der Waals surface area contributed by atoms with Crippen LogP contribution in [0.2, 0.25) is 5.15 Å². The zero-order valence-electron chi connectivity index (χ0n) is 13.9. The van der Waals surface area contributed by atoms with Gasteiger partial charge in [0.1, 0.15) is 17.2 Å². The SMILES string of the molecule is CC(C)(C)OCCC(=O)Nc1nc2ccc(Cl)nc2n1CC(F)(F)F. The van der Waals surface area contributed by atoms with Crippen molar-refractivity contribution >= 4 is 34.6 Å². The summed E-state index contributed by atoms with van der Waals surface area (Å²) in [6.45, 7) is 4.30. The summed E-state index contributed by atoms with van der Waals surface area (Å²) in [6, 6.07) is 2.85. The molecule has 0 saturated heterocycles. The Morgan fingerprint density at radius 1 is 1.28 bits per heavy atom. The Kier molecular flexibility index (Phi) is 5.58. The average molecular weight is 379 g/mol. The molecule has 0 aliphatic carbocycles. The van der Waals surface area contributed by atoms with Crippen molar-refractivity contribution in [2.24, 2.45) is 0 Å². The lowest BCUT2D eigenvalue weighted by Gasteiger charge is -2.19. The topological polar surface area (TPSA) is 69.0 Å². The van der Waals surface area contributed by atoms with Gasteiger partial charge in [-0.05, 0) is 32.9 Å². The van der Waals surface area contributed by atoms with E-state index in [2.05, 4.69) is 15.3 Å². The van der Waals surface area contributed by atoms with Crippen LogP contribution in [-0.2, 0) is 16.1 Å². The third kappa shape index (κ3) is 5.86. The van der Waals surface area contributed by atoms with Crippen LogP contribution in [0.5, 0.6) is 0 Å². The molecule has 0 fully saturated rings. The molecule has 1 amide bonds. The number of nitrogens with zero attached hydrogens (tertiary/aromatic N) is 3. The minimum Gasteiger partial charge on any atom is -0.375 e. The quantitative estimate of drug-likeness (QED) is 0.804. The second-order valence-electron chi connectivity index (χ2n) is 6.37. The maximum absolute atomic E-state index is 12.9. The Labute approximate surface area is 147 Å². The average Bonchev–Trinajstić information content (AvgIpc) is 2.73. The van der Waals surface area contributed by atoms with Crippen LogP contribution in [0.15, 0.2) is 12.1 Å². The Hall–Kier alpha value is -1.87. The number of rotatable bonds is 5. The van der Waals surface area contributed by atoms with Gasteiger partial charge in [0.05, 0.1) is 18.6 Å². The van der Waals surface area contributed by atoms with Crippen molar-refractivity contribution in [2.45, 2.75) is 45.5 Å². The van der Waals surface area contributed by atoms with E-state index in [1.54, 1.807) is 0 Å². The molecule has 2 rings (SSSR count). The highest BCUT2D eigenvalue weighted by atomic mass is 35.5. The number of aromatic nitrogens is 3. The van der Waals surface area contributed by atoms with Gasteiger partial charge < -0.3 is 4.74 Å². The van der Waals surface area contributed by atoms with Gasteiger partial charge in [-0.25, -0.2) is 9.97 Å². The molecular formula is C15H18ClF3N4O2. The molecule has 2 aromatic heterocycles. The zero-order valence-corrected chi connectivity index (χ0v) is 14.7. The number of halogens is 4. The summed E-state index contributed by atoms with van der Waals surface area (Å²) < 4.78 is 44.8. The number of carbonyl (C=O) groups excluding carboxylic acids is 1. The van der Waals surface area contributed by atoms with Crippen LogP contribution in [0.3, 0.4) is 0 Å². The highest BCUT2D eigenvalue weighted by Crippen LogP contribution is 2.26. The number of fused-ring (bicyclic) bond motifs is 1. The van der Waals surface area contributed by atoms with Gasteiger partial charge in [0, 0.05) is 0 Å². The Balaban J connectivity index is 2.21. The lowest BCUT2D eigenvalue weighted by molar-refractivity contribution is -0.139. The third-order valence-electron chi connectivity index (χ3n) is 3.01. The Morgan fingerprint density at radius 3 is 2.56 bits per heavy atom. The first kappa shape index (κ1) is 19.5. The Bertz CT molecular complexity index is 768. The van der Waals surface area contributed by atoms with E-state index in [1.807, 2.05) is 20.8 Å². The van der Waals surface area contributed by atoms with E-state index < -0.39 is 24.2 Å². The van der Waals surface area contributed by atoms with E-state index in [0.29, 0.717) is 0 Å². The van der Waals surface area contributed by atoms with E-state index in [1.165, 1.54) is 12.1 Å². The van der Waals surface area contributed by atoms with Crippen molar-refractivity contribution in [1.29, 1.82) is 0 Å². The fourth-order valence-corrected chi connectivity index (χ4v) is 2.18. The van der Waals surface area contributed by atoms with Crippen molar-refractivity contribution < 1.29 is 22.7 Å². The standard InChI is InChI=1S/C15H18ClF3N4O2/c1-14(2,3)25-7-6-11(24)22-13-20-9-4-5-10(16)21-12(9)23(13)8-15(17,18)19/h4-5H,6-8H2,1-3H3,(H,20,22,24). The Morgan fingerprint density at radius 2 is 1.96 bits per heavy atom. The van der Waals surface area contributed by atoms with Crippen LogP contribution in [0, 0.1) is 0 Å². The summed E-state index contributed by atoms with van der Waals surface area (Å²) in [5.41, 5.74) is -0.259. The molecular weight excluding hydrogens is 361 g/mol. The second kappa shape index (κ2) is 7.17. The van der Waals surface area contributed by atoms with Crippen LogP contribution in [0.25, 0.3) is 11.2 Å². The van der Waals surface area contributed by atoms with Crippen molar-refractivity contribution in [2.75, 3.05) is 11.9 Å². The van der Waals surface area contributed by atoms with Gasteiger partial charge in [-0.2, -0.15) is 13.2 Å². The number of ether oxygens (including phenoxy) is 1. The molecule has 0 spiro atoms. The lowest BCUT2D eigenvalue weighted by Crippen LogP contribution is -2.25. The fourth-order valence-electron chi connectivity index (χ4n) is 2.04. The first-order valence-corrected chi connectivity index (χ1v) is 7.86. The summed E-state index contributed by atoms with van der Waals surface area (Å²) in [4.78, 5) is 19.9. The minimum atomic E-state index is -4.51. The number of alkyl halides is 3. The summed E-state index contributed by atoms with van der Waals surface area (Å²) >= 11 is 5.75. The molecule has 0 aliphatic heterocycles. The molecule has 0 aromatic carbocycles. The van der Waals surface area contributed by atoms with E-state index in [-0.39, 0.29) is 35.3 Å². The molecule has 0 bridgehead atoms. The summed E-state index contributed by atoms with van der Waals surface area (Å²) in [7, 11) is 0. The van der Waals surface area contributed by atoms with Crippen molar-refractivity contribution in [3.05, 3.63) is 17.3 Å². The van der Waals surface area contributed by atoms with E-state index in [4.69, 9.17) is 16.3 Å². The summed E-state index contributed by atoms with van der Waals surface area (Å²) in [6.07, 6.45) is -4.52. The number of pyridine rings is 1. The maximum Gasteiger partial charge on any atom is 0.406 e. The predicted molar refractivity (Wildman–Crippen MR) is 87.5 cm³/mol. The van der Waals surface area contributed by atoms with Gasteiger partial charge in [0.15, 0.2) is 5.65 Å². The number of carbonyl (C=O) groups is 1. The molecule has 25 heavy (non-hydrogen) atoms. The zero-order chi connectivity index (χ0) is 18.8. The molecule has 138 valence electrons. The van der Waals surface area contributed by atoms with Crippen LogP contribution in [0.1, 0.15) is 27.2 Å². The van der Waals surface area contributed by atoms with Crippen LogP contribution < -0.4 is 5.32 Å². The molecule has 2 heterocycles. The fraction of sp³-hybridized carbons (Fsp3) is 0.533. The van der Waals surface area contributed by atoms with E-state index >= 15 is 0 Å². The normalized spacial score (nSPS) is 12.6. The van der Waals surface area contributed by atoms with Crippen molar-refractivity contribution in [3.63, 3.8) is 0 Å². The first-order valence-electron chi connectivity index (χ1n) is 7.48. The second-order valence-corrected chi connectivity index (χ2v) is 6.76. The van der Waals surface area contributed by atoms with Gasteiger partial charge >= 0.3 is 6.18 Å². The molecule has 0 atom stereocenters. The van der Waals surface area contributed by atoms with Gasteiger partial charge in [0.25, 0.3) is 0 Å². The number of amides is 1. The number of imidazole rings is 1. The summed E-state index contributed by atoms with van der Waals surface area (Å²) in [5.74, 6) is -0.739. The number of anilines is 1. The van der Waals surface area contributed by atoms with Crippen molar-refractivity contribution in [1.82, 2.24) is 14.5 Å². The largest absolute Gasteiger partial charge is 0.406 e. The third-order valence-corrected chi connectivity index (χ3v) is 3.22. The monoisotopic (exact) mass is 378 g/mol. The predicted octanol–water partition coefficient (Wildman–Crippen LogP) is 3.79. The molecule has 0 aliphatic rings. The number of nitrogens with one attached hydrogen (secondary N) is 1. The van der Waals surface area contributed by atoms with Gasteiger partial charge in [-0.15, -0.1) is 0 Å². The van der Waals surface area contributed by atoms with Crippen LogP contribution >= 0.6 is 11.6 Å². The van der Waals surface area contributed by atoms with E-state index in [9.17, 15) is 18.0 Å². The maximum atomic E-state index is 12.9. The molecule has 0 saturated carbocycles. The van der Waals surface area contributed by atoms with E-state index in [0.717, 1.165) is 4.57 Å². The van der Waals surface area contributed by atoms with Gasteiger partial charge in [0.2, 0.25) is 11.9 Å². The highest BCUT2D eigenvalue weighted by Gasteiger charge is 2.31. The molecule has 0 unspecified atom stereocenters. The summed E-state index contributed by atoms with van der Waals surface area (Å²) in [5, 5.41) is 2.41. The minimum absolute atomic E-state index is 0.0132. The number of hydrogen-bond acceptors (Lipinski definition) is 4. The van der Waals surface area contributed by atoms with Crippen molar-refractivity contribution in [3.8, 4) is 0 Å². The van der Waals surface area contributed by atoms with Gasteiger partial charge in [-0.1, -0.05) is 11.6 Å². The lowest BCUT2D eigenvalue weighted by atomic mass is 10.2. The molecule has 1 N–H and O–H groups in total. The molecule has 2 aromatic rings. The first-order chi connectivity index (χ1) is 11.4. The smallest absolute Gasteiger partial charge is 0.375 e. The van der Waals surface area contributed by atoms with Gasteiger partial charge in [-0.3, -0.25) is 14.7 Å². The van der Waals surface area contributed by atoms with Crippen LogP contribution in [0.4, 0.5) is 19.1 Å². The molecule has 10 heteroatoms. The molecule has 6 nitrogen and oxygen atoms in total.